The quantitative estimate of drug-likeness (QED) is 0.788. The third-order valence-corrected chi connectivity index (χ3v) is 5.33. The predicted molar refractivity (Wildman–Crippen MR) is 83.7 cm³/mol. The Morgan fingerprint density at radius 1 is 1.00 bits per heavy atom. The Kier molecular flexibility index (Phi) is 5.16. The van der Waals surface area contributed by atoms with E-state index in [4.69, 9.17) is 28.9 Å². The molecule has 19 heavy (non-hydrogen) atoms. The lowest BCUT2D eigenvalue weighted by Crippen LogP contribution is -2.27. The molecule has 0 radical (unpaired) electrons. The van der Waals surface area contributed by atoms with Gasteiger partial charge in [-0.2, -0.15) is 0 Å². The number of rotatable bonds is 3. The van der Waals surface area contributed by atoms with Crippen LogP contribution in [0.4, 0.5) is 0 Å². The van der Waals surface area contributed by atoms with Gasteiger partial charge in [0.2, 0.25) is 0 Å². The Morgan fingerprint density at radius 3 is 2.11 bits per heavy atom. The number of nitrogens with two attached hydrogens (primary N) is 1. The van der Waals surface area contributed by atoms with E-state index in [-0.39, 0.29) is 6.04 Å². The van der Waals surface area contributed by atoms with Crippen LogP contribution < -0.4 is 5.73 Å². The highest BCUT2D eigenvalue weighted by Gasteiger charge is 2.27. The lowest BCUT2D eigenvalue weighted by atomic mass is 9.73. The van der Waals surface area contributed by atoms with Gasteiger partial charge in [-0.05, 0) is 61.1 Å². The molecule has 1 unspecified atom stereocenters. The van der Waals surface area contributed by atoms with Crippen molar-refractivity contribution in [1.29, 1.82) is 0 Å². The molecule has 1 atom stereocenters. The fraction of sp³-hybridized carbons (Fsp3) is 0.625. The maximum Gasteiger partial charge on any atom is 0.0595 e. The lowest BCUT2D eigenvalue weighted by molar-refractivity contribution is 0.204. The standard InChI is InChI=1S/C16H23Cl2N/c1-10(2)11-3-5-12(6-4-11)16(19)13-7-8-14(17)15(18)9-13/h7-12,16H,3-6,19H2,1-2H3. The van der Waals surface area contributed by atoms with Crippen LogP contribution in [-0.4, -0.2) is 0 Å². The van der Waals surface area contributed by atoms with E-state index in [0.717, 1.165) is 17.4 Å². The van der Waals surface area contributed by atoms with Crippen molar-refractivity contribution in [3.63, 3.8) is 0 Å². The first kappa shape index (κ1) is 15.2. The molecule has 0 amide bonds. The normalized spacial score (nSPS) is 25.6. The predicted octanol–water partition coefficient (Wildman–Crippen LogP) is 5.46. The van der Waals surface area contributed by atoms with Crippen LogP contribution >= 0.6 is 23.2 Å². The third-order valence-electron chi connectivity index (χ3n) is 4.60. The van der Waals surface area contributed by atoms with Crippen LogP contribution in [0.1, 0.15) is 51.1 Å². The molecule has 1 aliphatic rings. The zero-order chi connectivity index (χ0) is 14.0. The van der Waals surface area contributed by atoms with E-state index < -0.39 is 0 Å². The minimum Gasteiger partial charge on any atom is -0.324 e. The van der Waals surface area contributed by atoms with Crippen molar-refractivity contribution in [2.45, 2.75) is 45.6 Å². The Morgan fingerprint density at radius 2 is 1.58 bits per heavy atom. The largest absolute Gasteiger partial charge is 0.324 e. The molecule has 1 aliphatic carbocycles. The molecular weight excluding hydrogens is 277 g/mol. The zero-order valence-corrected chi connectivity index (χ0v) is 13.2. The van der Waals surface area contributed by atoms with Crippen molar-refractivity contribution in [2.24, 2.45) is 23.5 Å². The molecule has 1 nitrogen and oxygen atoms in total. The van der Waals surface area contributed by atoms with E-state index in [9.17, 15) is 0 Å². The Hall–Kier alpha value is -0.240. The first-order chi connectivity index (χ1) is 8.99. The van der Waals surface area contributed by atoms with Crippen molar-refractivity contribution < 1.29 is 0 Å². The van der Waals surface area contributed by atoms with Gasteiger partial charge in [0.1, 0.15) is 0 Å². The molecule has 0 heterocycles. The average Bonchev–Trinajstić information content (AvgIpc) is 2.41. The van der Waals surface area contributed by atoms with Crippen LogP contribution in [0.5, 0.6) is 0 Å². The molecule has 2 N–H and O–H groups in total. The highest BCUT2D eigenvalue weighted by atomic mass is 35.5. The second kappa shape index (κ2) is 6.47. The van der Waals surface area contributed by atoms with Crippen LogP contribution in [0.25, 0.3) is 0 Å². The molecule has 2 rings (SSSR count). The molecule has 3 heteroatoms. The summed E-state index contributed by atoms with van der Waals surface area (Å²) >= 11 is 12.0. The molecule has 0 aliphatic heterocycles. The van der Waals surface area contributed by atoms with Gasteiger partial charge >= 0.3 is 0 Å². The van der Waals surface area contributed by atoms with E-state index in [2.05, 4.69) is 13.8 Å². The molecule has 1 fully saturated rings. The fourth-order valence-corrected chi connectivity index (χ4v) is 3.47. The molecule has 0 saturated heterocycles. The summed E-state index contributed by atoms with van der Waals surface area (Å²) < 4.78 is 0. The number of hydrogen-bond acceptors (Lipinski definition) is 1. The topological polar surface area (TPSA) is 26.0 Å². The van der Waals surface area contributed by atoms with Crippen LogP contribution in [0.2, 0.25) is 10.0 Å². The van der Waals surface area contributed by atoms with Crippen LogP contribution in [-0.2, 0) is 0 Å². The smallest absolute Gasteiger partial charge is 0.0595 e. The van der Waals surface area contributed by atoms with Gasteiger partial charge in [-0.3, -0.25) is 0 Å². The molecule has 0 aromatic heterocycles. The number of benzene rings is 1. The van der Waals surface area contributed by atoms with Crippen molar-refractivity contribution in [1.82, 2.24) is 0 Å². The van der Waals surface area contributed by atoms with Crippen LogP contribution in [0, 0.1) is 17.8 Å². The summed E-state index contributed by atoms with van der Waals surface area (Å²) in [4.78, 5) is 0. The molecule has 106 valence electrons. The molecule has 1 aromatic rings. The Bertz CT molecular complexity index is 423. The molecule has 1 aromatic carbocycles. The maximum absolute atomic E-state index is 6.41. The van der Waals surface area contributed by atoms with Crippen molar-refractivity contribution in [3.8, 4) is 0 Å². The van der Waals surface area contributed by atoms with Gasteiger partial charge in [0.25, 0.3) is 0 Å². The Labute approximate surface area is 126 Å². The Balaban J connectivity index is 2.01. The lowest BCUT2D eigenvalue weighted by Gasteiger charge is -2.34. The average molecular weight is 300 g/mol. The van der Waals surface area contributed by atoms with Gasteiger partial charge in [0, 0.05) is 6.04 Å². The molecular formula is C16H23Cl2N. The highest BCUT2D eigenvalue weighted by molar-refractivity contribution is 6.42. The van der Waals surface area contributed by atoms with Gasteiger partial charge in [0.05, 0.1) is 10.0 Å². The van der Waals surface area contributed by atoms with Crippen molar-refractivity contribution in [2.75, 3.05) is 0 Å². The minimum absolute atomic E-state index is 0.0860. The van der Waals surface area contributed by atoms with E-state index >= 15 is 0 Å². The van der Waals surface area contributed by atoms with Crippen molar-refractivity contribution in [3.05, 3.63) is 33.8 Å². The summed E-state index contributed by atoms with van der Waals surface area (Å²) in [5.74, 6) is 2.24. The van der Waals surface area contributed by atoms with Gasteiger partial charge < -0.3 is 5.73 Å². The minimum atomic E-state index is 0.0860. The van der Waals surface area contributed by atoms with E-state index in [1.807, 2.05) is 18.2 Å². The maximum atomic E-state index is 6.41. The first-order valence-electron chi connectivity index (χ1n) is 7.19. The molecule has 0 bridgehead atoms. The second-order valence-electron chi connectivity index (χ2n) is 6.12. The van der Waals surface area contributed by atoms with E-state index in [0.29, 0.717) is 16.0 Å². The summed E-state index contributed by atoms with van der Waals surface area (Å²) in [5, 5.41) is 1.20. The van der Waals surface area contributed by atoms with Crippen LogP contribution in [0.3, 0.4) is 0 Å². The van der Waals surface area contributed by atoms with E-state index in [1.54, 1.807) is 0 Å². The molecule has 1 saturated carbocycles. The fourth-order valence-electron chi connectivity index (χ4n) is 3.16. The monoisotopic (exact) mass is 299 g/mol. The number of hydrogen-bond donors (Lipinski definition) is 1. The van der Waals surface area contributed by atoms with Gasteiger partial charge in [-0.15, -0.1) is 0 Å². The summed E-state index contributed by atoms with van der Waals surface area (Å²) in [6.45, 7) is 4.65. The SMILES string of the molecule is CC(C)C1CCC(C(N)c2ccc(Cl)c(Cl)c2)CC1. The van der Waals surface area contributed by atoms with Crippen molar-refractivity contribution >= 4 is 23.2 Å². The van der Waals surface area contributed by atoms with Crippen LogP contribution in [0.15, 0.2) is 18.2 Å². The molecule has 0 spiro atoms. The third kappa shape index (κ3) is 3.65. The summed E-state index contributed by atoms with van der Waals surface area (Å²) in [7, 11) is 0. The van der Waals surface area contributed by atoms with Gasteiger partial charge in [-0.1, -0.05) is 43.1 Å². The van der Waals surface area contributed by atoms with Gasteiger partial charge in [-0.25, -0.2) is 0 Å². The number of halogens is 2. The first-order valence-corrected chi connectivity index (χ1v) is 7.95. The van der Waals surface area contributed by atoms with E-state index in [1.165, 1.54) is 25.7 Å². The summed E-state index contributed by atoms with van der Waals surface area (Å²) in [6, 6.07) is 5.86. The second-order valence-corrected chi connectivity index (χ2v) is 6.93. The highest BCUT2D eigenvalue weighted by Crippen LogP contribution is 2.39. The summed E-state index contributed by atoms with van der Waals surface area (Å²) in [6.07, 6.45) is 5.06. The summed E-state index contributed by atoms with van der Waals surface area (Å²) in [5.41, 5.74) is 7.52. The zero-order valence-electron chi connectivity index (χ0n) is 11.7. The van der Waals surface area contributed by atoms with Gasteiger partial charge in [0.15, 0.2) is 0 Å².